The maximum Gasteiger partial charge on any atom is 0.282 e. The zero-order valence-electron chi connectivity index (χ0n) is 17.3. The highest BCUT2D eigenvalue weighted by Gasteiger charge is 2.17. The predicted octanol–water partition coefficient (Wildman–Crippen LogP) is 4.89. The molecule has 0 aliphatic carbocycles. The van der Waals surface area contributed by atoms with E-state index >= 15 is 0 Å². The van der Waals surface area contributed by atoms with E-state index in [2.05, 4.69) is 10.0 Å². The molecule has 0 spiro atoms. The Bertz CT molecular complexity index is 1490. The van der Waals surface area contributed by atoms with E-state index in [1.807, 2.05) is 60.7 Å². The molecule has 0 atom stereocenters. The molecule has 4 heterocycles. The zero-order chi connectivity index (χ0) is 21.5. The molecule has 0 bridgehead atoms. The Balaban J connectivity index is 1.47. The highest BCUT2D eigenvalue weighted by Crippen LogP contribution is 2.27. The molecule has 158 valence electrons. The summed E-state index contributed by atoms with van der Waals surface area (Å²) in [6.45, 7) is 1.99. The van der Waals surface area contributed by atoms with E-state index in [0.717, 1.165) is 29.9 Å². The van der Waals surface area contributed by atoms with E-state index in [-0.39, 0.29) is 5.56 Å². The Labute approximate surface area is 183 Å². The first-order valence-corrected chi connectivity index (χ1v) is 10.7. The Kier molecular flexibility index (Phi) is 4.38. The van der Waals surface area contributed by atoms with Crippen LogP contribution in [0.2, 0.25) is 0 Å². The van der Waals surface area contributed by atoms with Gasteiger partial charge in [-0.25, -0.2) is 4.98 Å². The summed E-state index contributed by atoms with van der Waals surface area (Å²) in [6.07, 6.45) is 3.88. The molecule has 0 saturated carbocycles. The fraction of sp³-hybridized carbons (Fsp3) is 0.160. The first kappa shape index (κ1) is 18.6. The largest absolute Gasteiger partial charge is 0.453 e. The van der Waals surface area contributed by atoms with Crippen LogP contribution in [-0.4, -0.2) is 29.0 Å². The lowest BCUT2D eigenvalue weighted by Crippen LogP contribution is -2.20. The number of aromatic nitrogens is 2. The second-order valence-electron chi connectivity index (χ2n) is 7.83. The average Bonchev–Trinajstić information content (AvgIpc) is 3.58. The first-order chi connectivity index (χ1) is 15.8. The molecule has 0 N–H and O–H groups in total. The third-order valence-corrected chi connectivity index (χ3v) is 5.73. The summed E-state index contributed by atoms with van der Waals surface area (Å²) in [5, 5.41) is 5.88. The van der Waals surface area contributed by atoms with E-state index in [0.29, 0.717) is 28.2 Å². The summed E-state index contributed by atoms with van der Waals surface area (Å²) >= 11 is 0. The van der Waals surface area contributed by atoms with Crippen molar-refractivity contribution in [1.29, 1.82) is 0 Å². The van der Waals surface area contributed by atoms with Gasteiger partial charge in [-0.2, -0.15) is 9.78 Å². The van der Waals surface area contributed by atoms with E-state index in [4.69, 9.17) is 13.8 Å². The molecule has 0 radical (unpaired) electrons. The van der Waals surface area contributed by atoms with Gasteiger partial charge >= 0.3 is 0 Å². The standard InChI is InChI=1S/C25H20N4O3/c30-25-19-8-2-3-9-20(19)27-24(22-15-17-7-1-4-10-21(17)32-22)29(25)26-16-18-11-12-23(31-18)28-13-5-6-14-28/h1-4,7-12,15-16H,5-6,13-14H2. The van der Waals surface area contributed by atoms with Gasteiger partial charge in [0.15, 0.2) is 11.6 Å². The maximum atomic E-state index is 13.3. The van der Waals surface area contributed by atoms with Gasteiger partial charge in [-0.05, 0) is 43.2 Å². The second kappa shape index (κ2) is 7.53. The van der Waals surface area contributed by atoms with Crippen LogP contribution < -0.4 is 10.5 Å². The van der Waals surface area contributed by atoms with Crippen LogP contribution in [0.5, 0.6) is 0 Å². The number of hydrogen-bond acceptors (Lipinski definition) is 6. The normalized spacial score (nSPS) is 14.3. The topological polar surface area (TPSA) is 76.8 Å². The van der Waals surface area contributed by atoms with Gasteiger partial charge in [0.2, 0.25) is 5.82 Å². The molecule has 0 unspecified atom stereocenters. The van der Waals surface area contributed by atoms with Gasteiger partial charge in [0.25, 0.3) is 5.56 Å². The molecule has 7 nitrogen and oxygen atoms in total. The van der Waals surface area contributed by atoms with Crippen LogP contribution in [0.3, 0.4) is 0 Å². The van der Waals surface area contributed by atoms with Crippen molar-refractivity contribution in [2.75, 3.05) is 18.0 Å². The van der Waals surface area contributed by atoms with Crippen molar-refractivity contribution in [3.8, 4) is 11.6 Å². The van der Waals surface area contributed by atoms with Gasteiger partial charge < -0.3 is 13.7 Å². The van der Waals surface area contributed by atoms with Crippen molar-refractivity contribution in [1.82, 2.24) is 9.66 Å². The lowest BCUT2D eigenvalue weighted by Gasteiger charge is -2.12. The van der Waals surface area contributed by atoms with E-state index < -0.39 is 0 Å². The molecule has 1 saturated heterocycles. The fourth-order valence-electron chi connectivity index (χ4n) is 4.12. The van der Waals surface area contributed by atoms with Gasteiger partial charge in [0, 0.05) is 24.5 Å². The molecule has 1 fully saturated rings. The monoisotopic (exact) mass is 424 g/mol. The smallest absolute Gasteiger partial charge is 0.282 e. The highest BCUT2D eigenvalue weighted by atomic mass is 16.4. The summed E-state index contributed by atoms with van der Waals surface area (Å²) in [6, 6.07) is 20.6. The number of hydrogen-bond donors (Lipinski definition) is 0. The van der Waals surface area contributed by atoms with Crippen molar-refractivity contribution in [3.63, 3.8) is 0 Å². The van der Waals surface area contributed by atoms with Crippen molar-refractivity contribution in [2.45, 2.75) is 12.8 Å². The molecule has 1 aliphatic rings. The minimum absolute atomic E-state index is 0.270. The van der Waals surface area contributed by atoms with Crippen LogP contribution in [-0.2, 0) is 0 Å². The quantitative estimate of drug-likeness (QED) is 0.384. The molecule has 7 heteroatoms. The predicted molar refractivity (Wildman–Crippen MR) is 124 cm³/mol. The summed E-state index contributed by atoms with van der Waals surface area (Å²) < 4.78 is 13.2. The summed E-state index contributed by atoms with van der Waals surface area (Å²) in [4.78, 5) is 20.2. The van der Waals surface area contributed by atoms with Crippen LogP contribution >= 0.6 is 0 Å². The molecule has 3 aromatic heterocycles. The highest BCUT2D eigenvalue weighted by molar-refractivity contribution is 5.84. The molecule has 5 aromatic rings. The molecule has 6 rings (SSSR count). The van der Waals surface area contributed by atoms with Crippen LogP contribution in [0.15, 0.2) is 85.5 Å². The molecular weight excluding hydrogens is 404 g/mol. The SMILES string of the molecule is O=c1c2ccccc2nc(-c2cc3ccccc3o2)n1N=Cc1ccc(N2CCCC2)o1. The molecule has 0 amide bonds. The lowest BCUT2D eigenvalue weighted by molar-refractivity contribution is 0.549. The maximum absolute atomic E-state index is 13.3. The number of rotatable bonds is 4. The van der Waals surface area contributed by atoms with Crippen LogP contribution in [0.4, 0.5) is 5.88 Å². The van der Waals surface area contributed by atoms with Gasteiger partial charge in [-0.3, -0.25) is 4.79 Å². The van der Waals surface area contributed by atoms with Crippen molar-refractivity contribution in [3.05, 3.63) is 82.8 Å². The molecule has 2 aromatic carbocycles. The van der Waals surface area contributed by atoms with Crippen LogP contribution in [0.1, 0.15) is 18.6 Å². The van der Waals surface area contributed by atoms with E-state index in [1.54, 1.807) is 12.3 Å². The lowest BCUT2D eigenvalue weighted by atomic mass is 10.2. The van der Waals surface area contributed by atoms with Crippen LogP contribution in [0, 0.1) is 0 Å². The van der Waals surface area contributed by atoms with Crippen molar-refractivity contribution >= 4 is 34.0 Å². The first-order valence-electron chi connectivity index (χ1n) is 10.7. The molecule has 32 heavy (non-hydrogen) atoms. The van der Waals surface area contributed by atoms with Crippen molar-refractivity contribution < 1.29 is 8.83 Å². The summed E-state index contributed by atoms with van der Waals surface area (Å²) in [5.41, 5.74) is 1.05. The number of furan rings is 2. The number of nitrogens with zero attached hydrogens (tertiary/aromatic N) is 4. The number of benzene rings is 2. The minimum atomic E-state index is -0.270. The third kappa shape index (κ3) is 3.19. The molecule has 1 aliphatic heterocycles. The third-order valence-electron chi connectivity index (χ3n) is 5.73. The molecular formula is C25H20N4O3. The Morgan fingerprint density at radius 2 is 1.75 bits per heavy atom. The Morgan fingerprint density at radius 1 is 0.938 bits per heavy atom. The van der Waals surface area contributed by atoms with Gasteiger partial charge in [0.05, 0.1) is 17.1 Å². The number of anilines is 1. The zero-order valence-corrected chi connectivity index (χ0v) is 17.3. The van der Waals surface area contributed by atoms with E-state index in [1.165, 1.54) is 17.5 Å². The van der Waals surface area contributed by atoms with Crippen molar-refractivity contribution in [2.24, 2.45) is 5.10 Å². The fourth-order valence-corrected chi connectivity index (χ4v) is 4.12. The van der Waals surface area contributed by atoms with Gasteiger partial charge in [-0.1, -0.05) is 30.3 Å². The summed E-state index contributed by atoms with van der Waals surface area (Å²) in [5.74, 6) is 2.21. The number of para-hydroxylation sites is 2. The minimum Gasteiger partial charge on any atom is -0.453 e. The van der Waals surface area contributed by atoms with Gasteiger partial charge in [0.1, 0.15) is 11.3 Å². The Hall–Kier alpha value is -4.13. The van der Waals surface area contributed by atoms with Crippen LogP contribution in [0.25, 0.3) is 33.5 Å². The second-order valence-corrected chi connectivity index (χ2v) is 7.83. The summed E-state index contributed by atoms with van der Waals surface area (Å²) in [7, 11) is 0. The van der Waals surface area contributed by atoms with E-state index in [9.17, 15) is 4.79 Å². The number of fused-ring (bicyclic) bond motifs is 2. The van der Waals surface area contributed by atoms with Gasteiger partial charge in [-0.15, -0.1) is 0 Å². The average molecular weight is 424 g/mol. The Morgan fingerprint density at radius 3 is 2.62 bits per heavy atom.